The van der Waals surface area contributed by atoms with E-state index in [0.29, 0.717) is 13.0 Å². The summed E-state index contributed by atoms with van der Waals surface area (Å²) in [4.78, 5) is 16.5. The summed E-state index contributed by atoms with van der Waals surface area (Å²) < 4.78 is 0. The Balaban J connectivity index is 2.41. The summed E-state index contributed by atoms with van der Waals surface area (Å²) in [5.74, 6) is 0.335. The van der Waals surface area contributed by atoms with Crippen molar-refractivity contribution in [3.05, 3.63) is 16.6 Å². The van der Waals surface area contributed by atoms with Crippen molar-refractivity contribution < 1.29 is 4.79 Å². The van der Waals surface area contributed by atoms with Crippen molar-refractivity contribution in [2.24, 2.45) is 11.7 Å². The maximum absolute atomic E-state index is 11.5. The van der Waals surface area contributed by atoms with Crippen LogP contribution in [0.1, 0.15) is 18.2 Å². The number of aromatic nitrogens is 1. The van der Waals surface area contributed by atoms with Crippen LogP contribution in [0.5, 0.6) is 0 Å². The lowest BCUT2D eigenvalue weighted by atomic mass is 10.00. The van der Waals surface area contributed by atoms with Gasteiger partial charge in [0.15, 0.2) is 0 Å². The number of hydrogen-bond acceptors (Lipinski definition) is 4. The molecule has 2 N–H and O–H groups in total. The van der Waals surface area contributed by atoms with Gasteiger partial charge in [-0.3, -0.25) is 9.78 Å². The van der Waals surface area contributed by atoms with Crippen molar-refractivity contribution in [3.8, 4) is 0 Å². The first-order valence-electron chi connectivity index (χ1n) is 4.34. The summed E-state index contributed by atoms with van der Waals surface area (Å²) in [7, 11) is 0. The van der Waals surface area contributed by atoms with Crippen LogP contribution in [0, 0.1) is 5.92 Å². The molecule has 4 heteroatoms. The van der Waals surface area contributed by atoms with Crippen LogP contribution in [0.2, 0.25) is 0 Å². The average Bonchev–Trinajstić information content (AvgIpc) is 2.57. The fourth-order valence-corrected chi connectivity index (χ4v) is 1.69. The molecule has 13 heavy (non-hydrogen) atoms. The molecular formula is C9H14N2OS. The standard InChI is InChI=1S/C9H14N2OS/c1-7(2-3-10)9(12)4-8-5-11-6-13-8/h5-7H,2-4,10H2,1H3. The van der Waals surface area contributed by atoms with E-state index in [1.54, 1.807) is 11.7 Å². The fraction of sp³-hybridized carbons (Fsp3) is 0.556. The maximum atomic E-state index is 11.5. The van der Waals surface area contributed by atoms with Crippen LogP contribution in [-0.2, 0) is 11.2 Å². The minimum Gasteiger partial charge on any atom is -0.330 e. The zero-order valence-electron chi connectivity index (χ0n) is 7.69. The Bertz CT molecular complexity index is 259. The van der Waals surface area contributed by atoms with Crippen LogP contribution >= 0.6 is 11.3 Å². The lowest BCUT2D eigenvalue weighted by Gasteiger charge is -2.06. The average molecular weight is 198 g/mol. The second-order valence-electron chi connectivity index (χ2n) is 3.09. The zero-order valence-corrected chi connectivity index (χ0v) is 8.51. The molecule has 1 atom stereocenters. The number of carbonyl (C=O) groups is 1. The molecule has 0 aliphatic rings. The van der Waals surface area contributed by atoms with Crippen molar-refractivity contribution in [2.75, 3.05) is 6.54 Å². The highest BCUT2D eigenvalue weighted by Crippen LogP contribution is 2.11. The summed E-state index contributed by atoms with van der Waals surface area (Å²) in [6, 6.07) is 0. The Kier molecular flexibility index (Phi) is 4.05. The number of ketones is 1. The molecule has 1 unspecified atom stereocenters. The van der Waals surface area contributed by atoms with E-state index in [1.165, 1.54) is 11.3 Å². The molecule has 1 aromatic heterocycles. The summed E-state index contributed by atoms with van der Waals surface area (Å²) in [6.07, 6.45) is 3.03. The van der Waals surface area contributed by atoms with Crippen LogP contribution in [0.3, 0.4) is 0 Å². The molecule has 3 nitrogen and oxygen atoms in total. The Labute approximate surface area is 82.0 Å². The molecule has 1 heterocycles. The highest BCUT2D eigenvalue weighted by atomic mass is 32.1. The molecule has 0 saturated heterocycles. The van der Waals surface area contributed by atoms with Gasteiger partial charge in [0, 0.05) is 23.4 Å². The third-order valence-electron chi connectivity index (χ3n) is 1.98. The third-order valence-corrected chi connectivity index (χ3v) is 2.76. The predicted molar refractivity (Wildman–Crippen MR) is 53.7 cm³/mol. The van der Waals surface area contributed by atoms with Crippen LogP contribution in [0.25, 0.3) is 0 Å². The fourth-order valence-electron chi connectivity index (χ4n) is 1.09. The van der Waals surface area contributed by atoms with Crippen molar-refractivity contribution in [2.45, 2.75) is 19.8 Å². The molecule has 0 bridgehead atoms. The van der Waals surface area contributed by atoms with Crippen molar-refractivity contribution in [3.63, 3.8) is 0 Å². The molecule has 1 aromatic rings. The molecule has 0 fully saturated rings. The molecule has 0 aliphatic carbocycles. The van der Waals surface area contributed by atoms with Crippen molar-refractivity contribution in [1.29, 1.82) is 0 Å². The highest BCUT2D eigenvalue weighted by molar-refractivity contribution is 7.09. The monoisotopic (exact) mass is 198 g/mol. The maximum Gasteiger partial charge on any atom is 0.140 e. The SMILES string of the molecule is CC(CCN)C(=O)Cc1cncs1. The van der Waals surface area contributed by atoms with Crippen LogP contribution in [0.15, 0.2) is 11.7 Å². The topological polar surface area (TPSA) is 56.0 Å². The van der Waals surface area contributed by atoms with Crippen molar-refractivity contribution >= 4 is 17.1 Å². The lowest BCUT2D eigenvalue weighted by molar-refractivity contribution is -0.121. The second-order valence-corrected chi connectivity index (χ2v) is 4.06. The normalized spacial score (nSPS) is 12.8. The van der Waals surface area contributed by atoms with Crippen molar-refractivity contribution in [1.82, 2.24) is 4.98 Å². The summed E-state index contributed by atoms with van der Waals surface area (Å²) in [5, 5.41) is 0. The first-order valence-corrected chi connectivity index (χ1v) is 5.22. The summed E-state index contributed by atoms with van der Waals surface area (Å²) >= 11 is 1.52. The molecule has 0 spiro atoms. The van der Waals surface area contributed by atoms with Gasteiger partial charge in [0.1, 0.15) is 5.78 Å². The summed E-state index contributed by atoms with van der Waals surface area (Å²) in [5.41, 5.74) is 7.12. The number of hydrogen-bond donors (Lipinski definition) is 1. The Hall–Kier alpha value is -0.740. The van der Waals surface area contributed by atoms with Gasteiger partial charge in [-0.2, -0.15) is 0 Å². The number of nitrogens with zero attached hydrogens (tertiary/aromatic N) is 1. The highest BCUT2D eigenvalue weighted by Gasteiger charge is 2.12. The van der Waals surface area contributed by atoms with E-state index in [2.05, 4.69) is 4.98 Å². The first-order chi connectivity index (χ1) is 6.24. The lowest BCUT2D eigenvalue weighted by Crippen LogP contribution is -2.16. The quantitative estimate of drug-likeness (QED) is 0.774. The van der Waals surface area contributed by atoms with Gasteiger partial charge in [0.25, 0.3) is 0 Å². The molecular weight excluding hydrogens is 184 g/mol. The number of nitrogens with two attached hydrogens (primary N) is 1. The Morgan fingerprint density at radius 2 is 2.54 bits per heavy atom. The third kappa shape index (κ3) is 3.24. The van der Waals surface area contributed by atoms with E-state index in [0.717, 1.165) is 11.3 Å². The van der Waals surface area contributed by atoms with Gasteiger partial charge < -0.3 is 5.73 Å². The molecule has 1 rings (SSSR count). The van der Waals surface area contributed by atoms with E-state index in [4.69, 9.17) is 5.73 Å². The minimum absolute atomic E-state index is 0.0760. The Morgan fingerprint density at radius 1 is 1.77 bits per heavy atom. The van der Waals surface area contributed by atoms with E-state index in [-0.39, 0.29) is 11.7 Å². The first kappa shape index (κ1) is 10.3. The number of Topliss-reactive ketones (excluding diaryl/α,β-unsaturated/α-hetero) is 1. The van der Waals surface area contributed by atoms with Crippen LogP contribution in [-0.4, -0.2) is 17.3 Å². The van der Waals surface area contributed by atoms with Gasteiger partial charge in [0.05, 0.1) is 5.51 Å². The largest absolute Gasteiger partial charge is 0.330 e. The zero-order chi connectivity index (χ0) is 9.68. The van der Waals surface area contributed by atoms with E-state index in [1.807, 2.05) is 6.92 Å². The van der Waals surface area contributed by atoms with Gasteiger partial charge >= 0.3 is 0 Å². The van der Waals surface area contributed by atoms with Gasteiger partial charge in [-0.15, -0.1) is 11.3 Å². The molecule has 0 aliphatic heterocycles. The molecule has 0 aromatic carbocycles. The van der Waals surface area contributed by atoms with Gasteiger partial charge in [-0.1, -0.05) is 6.92 Å². The Morgan fingerprint density at radius 3 is 3.08 bits per heavy atom. The minimum atomic E-state index is 0.0760. The van der Waals surface area contributed by atoms with Gasteiger partial charge in [0.2, 0.25) is 0 Å². The summed E-state index contributed by atoms with van der Waals surface area (Å²) in [6.45, 7) is 2.51. The second kappa shape index (κ2) is 5.09. The molecule has 0 saturated carbocycles. The smallest absolute Gasteiger partial charge is 0.140 e. The van der Waals surface area contributed by atoms with Crippen LogP contribution < -0.4 is 5.73 Å². The predicted octanol–water partition coefficient (Wildman–Crippen LogP) is 1.24. The van der Waals surface area contributed by atoms with Crippen LogP contribution in [0.4, 0.5) is 0 Å². The molecule has 0 amide bonds. The van der Waals surface area contributed by atoms with Gasteiger partial charge in [-0.25, -0.2) is 0 Å². The molecule has 72 valence electrons. The number of thiazole rings is 1. The molecule has 0 radical (unpaired) electrons. The van der Waals surface area contributed by atoms with Gasteiger partial charge in [-0.05, 0) is 13.0 Å². The van der Waals surface area contributed by atoms with E-state index in [9.17, 15) is 4.79 Å². The number of carbonyl (C=O) groups excluding carboxylic acids is 1. The number of rotatable bonds is 5. The van der Waals surface area contributed by atoms with E-state index >= 15 is 0 Å². The van der Waals surface area contributed by atoms with E-state index < -0.39 is 0 Å².